The third-order valence-electron chi connectivity index (χ3n) is 5.03. The molecule has 0 amide bonds. The van der Waals surface area contributed by atoms with Crippen LogP contribution < -0.4 is 0 Å². The number of hydrogen-bond donors (Lipinski definition) is 0. The zero-order valence-electron chi connectivity index (χ0n) is 10.0. The van der Waals surface area contributed by atoms with Crippen LogP contribution in [-0.2, 0) is 4.79 Å². The molecule has 4 unspecified atom stereocenters. The first kappa shape index (κ1) is 9.87. The number of fused-ring (bicyclic) bond motifs is 1. The molecule has 0 aromatic heterocycles. The van der Waals surface area contributed by atoms with E-state index < -0.39 is 0 Å². The fourth-order valence-electron chi connectivity index (χ4n) is 3.83. The van der Waals surface area contributed by atoms with Crippen molar-refractivity contribution in [3.63, 3.8) is 0 Å². The van der Waals surface area contributed by atoms with Gasteiger partial charge in [0, 0.05) is 11.8 Å². The first-order valence-corrected chi connectivity index (χ1v) is 6.91. The summed E-state index contributed by atoms with van der Waals surface area (Å²) in [7, 11) is 0. The summed E-state index contributed by atoms with van der Waals surface area (Å²) < 4.78 is 0. The van der Waals surface area contributed by atoms with E-state index in [9.17, 15) is 4.79 Å². The van der Waals surface area contributed by atoms with Crippen molar-refractivity contribution < 1.29 is 4.79 Å². The second-order valence-corrected chi connectivity index (χ2v) is 6.19. The van der Waals surface area contributed by atoms with Crippen molar-refractivity contribution in [2.75, 3.05) is 0 Å². The normalized spacial score (nSPS) is 42.0. The third kappa shape index (κ3) is 1.64. The molecule has 17 heavy (non-hydrogen) atoms. The van der Waals surface area contributed by atoms with Crippen molar-refractivity contribution in [1.82, 2.24) is 0 Å². The van der Waals surface area contributed by atoms with E-state index in [0.717, 1.165) is 18.3 Å². The Morgan fingerprint density at radius 1 is 0.941 bits per heavy atom. The number of benzene rings is 1. The molecule has 0 radical (unpaired) electrons. The van der Waals surface area contributed by atoms with Gasteiger partial charge < -0.3 is 0 Å². The van der Waals surface area contributed by atoms with Crippen LogP contribution in [0.5, 0.6) is 0 Å². The molecular weight excluding hydrogens is 208 g/mol. The summed E-state index contributed by atoms with van der Waals surface area (Å²) in [6, 6.07) is 10.6. The summed E-state index contributed by atoms with van der Waals surface area (Å²) in [4.78, 5) is 12.4. The van der Waals surface area contributed by atoms with E-state index in [4.69, 9.17) is 0 Å². The molecule has 88 valence electrons. The molecule has 4 atom stereocenters. The number of ketones is 1. The van der Waals surface area contributed by atoms with Crippen LogP contribution in [0.1, 0.15) is 37.2 Å². The van der Waals surface area contributed by atoms with Crippen LogP contribution in [0, 0.1) is 23.7 Å². The number of rotatable bonds is 3. The Balaban J connectivity index is 1.43. The standard InChI is InChI=1S/C16H18O/c17-16(13-7-11-6-12(11)8-13)15-9-14(15)10-4-2-1-3-5-10/h1-5,11-15H,6-9H2. The zero-order chi connectivity index (χ0) is 11.4. The molecule has 1 aromatic rings. The van der Waals surface area contributed by atoms with Gasteiger partial charge in [-0.3, -0.25) is 4.79 Å². The summed E-state index contributed by atoms with van der Waals surface area (Å²) >= 11 is 0. The molecule has 0 saturated heterocycles. The predicted molar refractivity (Wildman–Crippen MR) is 66.6 cm³/mol. The molecule has 1 nitrogen and oxygen atoms in total. The number of carbonyl (C=O) groups is 1. The van der Waals surface area contributed by atoms with Crippen molar-refractivity contribution in [1.29, 1.82) is 0 Å². The highest BCUT2D eigenvalue weighted by Crippen LogP contribution is 2.58. The van der Waals surface area contributed by atoms with Gasteiger partial charge in [0.1, 0.15) is 5.78 Å². The molecule has 0 bridgehead atoms. The number of carbonyl (C=O) groups excluding carboxylic acids is 1. The fourth-order valence-corrected chi connectivity index (χ4v) is 3.83. The molecule has 0 aliphatic heterocycles. The summed E-state index contributed by atoms with van der Waals surface area (Å²) in [5.41, 5.74) is 1.37. The third-order valence-corrected chi connectivity index (χ3v) is 5.03. The average molecular weight is 226 g/mol. The monoisotopic (exact) mass is 226 g/mol. The lowest BCUT2D eigenvalue weighted by molar-refractivity contribution is -0.124. The van der Waals surface area contributed by atoms with E-state index >= 15 is 0 Å². The first-order chi connectivity index (χ1) is 8.33. The van der Waals surface area contributed by atoms with Gasteiger partial charge in [-0.05, 0) is 49.0 Å². The lowest BCUT2D eigenvalue weighted by Gasteiger charge is -2.10. The van der Waals surface area contributed by atoms with Crippen LogP contribution in [0.2, 0.25) is 0 Å². The van der Waals surface area contributed by atoms with Crippen LogP contribution in [0.3, 0.4) is 0 Å². The van der Waals surface area contributed by atoms with Gasteiger partial charge >= 0.3 is 0 Å². The predicted octanol–water partition coefficient (Wildman–Crippen LogP) is 3.41. The Morgan fingerprint density at radius 3 is 2.35 bits per heavy atom. The molecule has 4 rings (SSSR count). The summed E-state index contributed by atoms with van der Waals surface area (Å²) in [5, 5.41) is 0. The van der Waals surface area contributed by atoms with Crippen LogP contribution in [0.15, 0.2) is 30.3 Å². The van der Waals surface area contributed by atoms with E-state index in [0.29, 0.717) is 23.5 Å². The van der Waals surface area contributed by atoms with Gasteiger partial charge in [0.05, 0.1) is 0 Å². The molecule has 3 saturated carbocycles. The van der Waals surface area contributed by atoms with Crippen LogP contribution in [0.4, 0.5) is 0 Å². The minimum atomic E-state index is 0.361. The second kappa shape index (κ2) is 3.44. The smallest absolute Gasteiger partial charge is 0.139 e. The van der Waals surface area contributed by atoms with Crippen molar-refractivity contribution in [3.8, 4) is 0 Å². The van der Waals surface area contributed by atoms with Gasteiger partial charge in [0.25, 0.3) is 0 Å². The maximum atomic E-state index is 12.4. The van der Waals surface area contributed by atoms with Crippen molar-refractivity contribution in [2.24, 2.45) is 23.7 Å². The molecule has 3 fully saturated rings. The second-order valence-electron chi connectivity index (χ2n) is 6.19. The Labute approximate surface area is 102 Å². The van der Waals surface area contributed by atoms with Crippen LogP contribution >= 0.6 is 0 Å². The molecule has 3 aliphatic rings. The molecule has 1 heteroatoms. The average Bonchev–Trinajstić information content (AvgIpc) is 3.28. The van der Waals surface area contributed by atoms with Crippen LogP contribution in [0.25, 0.3) is 0 Å². The minimum Gasteiger partial charge on any atom is -0.299 e. The van der Waals surface area contributed by atoms with Crippen molar-refractivity contribution in [3.05, 3.63) is 35.9 Å². The molecule has 0 N–H and O–H groups in total. The topological polar surface area (TPSA) is 17.1 Å². The molecule has 1 aromatic carbocycles. The van der Waals surface area contributed by atoms with Crippen molar-refractivity contribution in [2.45, 2.75) is 31.6 Å². The molecule has 0 heterocycles. The van der Waals surface area contributed by atoms with Gasteiger partial charge in [-0.1, -0.05) is 30.3 Å². The van der Waals surface area contributed by atoms with Gasteiger partial charge in [0.15, 0.2) is 0 Å². The fraction of sp³-hybridized carbons (Fsp3) is 0.562. The highest BCUT2D eigenvalue weighted by atomic mass is 16.1. The number of hydrogen-bond acceptors (Lipinski definition) is 1. The van der Waals surface area contributed by atoms with E-state index in [1.54, 1.807) is 0 Å². The maximum Gasteiger partial charge on any atom is 0.139 e. The summed E-state index contributed by atoms with van der Waals surface area (Å²) in [5.74, 6) is 3.78. The Kier molecular flexibility index (Phi) is 2.00. The zero-order valence-corrected chi connectivity index (χ0v) is 10.0. The first-order valence-electron chi connectivity index (χ1n) is 6.91. The molecule has 3 aliphatic carbocycles. The Hall–Kier alpha value is -1.11. The van der Waals surface area contributed by atoms with E-state index in [1.807, 2.05) is 6.07 Å². The van der Waals surface area contributed by atoms with E-state index in [-0.39, 0.29) is 0 Å². The largest absolute Gasteiger partial charge is 0.299 e. The van der Waals surface area contributed by atoms with Gasteiger partial charge in [-0.2, -0.15) is 0 Å². The highest BCUT2D eigenvalue weighted by molar-refractivity contribution is 5.87. The Morgan fingerprint density at radius 2 is 1.65 bits per heavy atom. The van der Waals surface area contributed by atoms with E-state index in [1.165, 1.54) is 24.8 Å². The summed E-state index contributed by atoms with van der Waals surface area (Å²) in [6.07, 6.45) is 4.94. The quantitative estimate of drug-likeness (QED) is 0.772. The van der Waals surface area contributed by atoms with Gasteiger partial charge in [-0.15, -0.1) is 0 Å². The van der Waals surface area contributed by atoms with Gasteiger partial charge in [-0.25, -0.2) is 0 Å². The van der Waals surface area contributed by atoms with Gasteiger partial charge in [0.2, 0.25) is 0 Å². The van der Waals surface area contributed by atoms with Crippen LogP contribution in [-0.4, -0.2) is 5.78 Å². The maximum absolute atomic E-state index is 12.4. The molecular formula is C16H18O. The lowest BCUT2D eigenvalue weighted by atomic mass is 9.93. The SMILES string of the molecule is O=C(C1CC2CC2C1)C1CC1c1ccccc1. The highest BCUT2D eigenvalue weighted by Gasteiger charge is 2.52. The number of Topliss-reactive ketones (excluding diaryl/α,β-unsaturated/α-hetero) is 1. The Bertz CT molecular complexity index is 440. The van der Waals surface area contributed by atoms with Crippen molar-refractivity contribution >= 4 is 5.78 Å². The minimum absolute atomic E-state index is 0.361. The summed E-state index contributed by atoms with van der Waals surface area (Å²) in [6.45, 7) is 0. The lowest BCUT2D eigenvalue weighted by Crippen LogP contribution is -2.15. The molecule has 0 spiro atoms. The van der Waals surface area contributed by atoms with E-state index in [2.05, 4.69) is 24.3 Å².